The predicted molar refractivity (Wildman–Crippen MR) is 75.4 cm³/mol. The number of aliphatic carboxylic acids is 1. The molecule has 114 valence electrons. The van der Waals surface area contributed by atoms with Gasteiger partial charge in [-0.25, -0.2) is 0 Å². The zero-order valence-electron chi connectivity index (χ0n) is 12.6. The molecule has 1 aromatic heterocycles. The molecule has 2 aliphatic rings. The van der Waals surface area contributed by atoms with E-state index in [1.165, 1.54) is 0 Å². The van der Waals surface area contributed by atoms with Crippen LogP contribution in [0.5, 0.6) is 0 Å². The fourth-order valence-corrected chi connectivity index (χ4v) is 3.71. The summed E-state index contributed by atoms with van der Waals surface area (Å²) in [5.41, 5.74) is 1.78. The summed E-state index contributed by atoms with van der Waals surface area (Å²) in [6, 6.07) is -0.0409. The highest BCUT2D eigenvalue weighted by molar-refractivity contribution is 5.91. The van der Waals surface area contributed by atoms with Gasteiger partial charge in [-0.3, -0.25) is 14.3 Å². The molecule has 2 aliphatic carbocycles. The molecule has 0 aromatic carbocycles. The molecule has 0 bridgehead atoms. The lowest BCUT2D eigenvalue weighted by atomic mass is 9.92. The lowest BCUT2D eigenvalue weighted by Gasteiger charge is -2.24. The molecule has 3 atom stereocenters. The Labute approximate surface area is 123 Å². The molecule has 1 heterocycles. The van der Waals surface area contributed by atoms with Gasteiger partial charge >= 0.3 is 5.97 Å². The second-order valence-corrected chi connectivity index (χ2v) is 6.74. The summed E-state index contributed by atoms with van der Waals surface area (Å²) >= 11 is 0. The highest BCUT2D eigenvalue weighted by Gasteiger charge is 2.66. The van der Waals surface area contributed by atoms with Crippen molar-refractivity contribution < 1.29 is 14.7 Å². The minimum Gasteiger partial charge on any atom is -0.481 e. The van der Waals surface area contributed by atoms with Gasteiger partial charge in [0.25, 0.3) is 0 Å². The minimum atomic E-state index is -0.883. The van der Waals surface area contributed by atoms with E-state index >= 15 is 0 Å². The van der Waals surface area contributed by atoms with Crippen LogP contribution in [0.15, 0.2) is 6.20 Å². The number of amides is 1. The summed E-state index contributed by atoms with van der Waals surface area (Å²) < 4.78 is 1.86. The number of nitrogens with one attached hydrogen (secondary N) is 1. The van der Waals surface area contributed by atoms with E-state index in [-0.39, 0.29) is 11.9 Å². The standard InChI is InChI=1S/C15H21N3O3/c1-15(2)11(12(15)14(20)21)13(19)17-9-5-4-6-10-8(9)7-16-18(10)3/h7,9,11-12H,4-6H2,1-3H3,(H,17,19)(H,20,21)/t9?,11-,12+/m1/s1. The fraction of sp³-hybridized carbons (Fsp3) is 0.667. The van der Waals surface area contributed by atoms with Crippen LogP contribution in [0, 0.1) is 17.3 Å². The number of fused-ring (bicyclic) bond motifs is 1. The van der Waals surface area contributed by atoms with Crippen molar-refractivity contribution in [2.45, 2.75) is 39.2 Å². The summed E-state index contributed by atoms with van der Waals surface area (Å²) in [5, 5.41) is 16.5. The number of carboxylic acid groups (broad SMARTS) is 1. The van der Waals surface area contributed by atoms with E-state index in [1.54, 1.807) is 0 Å². The van der Waals surface area contributed by atoms with Crippen LogP contribution < -0.4 is 5.32 Å². The van der Waals surface area contributed by atoms with Crippen LogP contribution in [0.25, 0.3) is 0 Å². The molecule has 0 spiro atoms. The summed E-state index contributed by atoms with van der Waals surface area (Å²) in [5.74, 6) is -2.04. The van der Waals surface area contributed by atoms with Gasteiger partial charge in [-0.05, 0) is 24.7 Å². The van der Waals surface area contributed by atoms with Gasteiger partial charge in [0.2, 0.25) is 5.91 Å². The van der Waals surface area contributed by atoms with Crippen molar-refractivity contribution in [2.24, 2.45) is 24.3 Å². The molecule has 6 heteroatoms. The van der Waals surface area contributed by atoms with Gasteiger partial charge in [0, 0.05) is 18.3 Å². The maximum absolute atomic E-state index is 12.4. The van der Waals surface area contributed by atoms with Crippen molar-refractivity contribution in [3.05, 3.63) is 17.5 Å². The van der Waals surface area contributed by atoms with Crippen molar-refractivity contribution in [1.29, 1.82) is 0 Å². The number of carboxylic acids is 1. The first-order chi connectivity index (χ1) is 9.84. The van der Waals surface area contributed by atoms with Gasteiger partial charge in [0.15, 0.2) is 0 Å². The first-order valence-electron chi connectivity index (χ1n) is 7.38. The monoisotopic (exact) mass is 291 g/mol. The number of hydrogen-bond acceptors (Lipinski definition) is 3. The molecule has 0 radical (unpaired) electrons. The molecular formula is C15H21N3O3. The number of rotatable bonds is 3. The van der Waals surface area contributed by atoms with Crippen LogP contribution in [-0.4, -0.2) is 26.8 Å². The van der Waals surface area contributed by atoms with Gasteiger partial charge in [-0.15, -0.1) is 0 Å². The summed E-state index contributed by atoms with van der Waals surface area (Å²) in [6.07, 6.45) is 4.68. The van der Waals surface area contributed by atoms with Crippen molar-refractivity contribution in [2.75, 3.05) is 0 Å². The van der Waals surface area contributed by atoms with Gasteiger partial charge in [-0.2, -0.15) is 5.10 Å². The molecule has 6 nitrogen and oxygen atoms in total. The zero-order valence-corrected chi connectivity index (χ0v) is 12.6. The maximum atomic E-state index is 12.4. The average molecular weight is 291 g/mol. The van der Waals surface area contributed by atoms with Gasteiger partial charge in [-0.1, -0.05) is 13.8 Å². The summed E-state index contributed by atoms with van der Waals surface area (Å²) in [6.45, 7) is 3.68. The zero-order chi connectivity index (χ0) is 15.4. The Morgan fingerprint density at radius 3 is 2.76 bits per heavy atom. The molecule has 1 unspecified atom stereocenters. The number of nitrogens with zero attached hydrogens (tertiary/aromatic N) is 2. The van der Waals surface area contributed by atoms with Gasteiger partial charge < -0.3 is 10.4 Å². The molecule has 1 amide bonds. The van der Waals surface area contributed by atoms with E-state index in [0.717, 1.165) is 30.5 Å². The molecule has 0 aliphatic heterocycles. The average Bonchev–Trinajstić information content (AvgIpc) is 2.79. The van der Waals surface area contributed by atoms with Gasteiger partial charge in [0.05, 0.1) is 24.1 Å². The van der Waals surface area contributed by atoms with Gasteiger partial charge in [0.1, 0.15) is 0 Å². The van der Waals surface area contributed by atoms with Crippen LogP contribution in [0.1, 0.15) is 44.0 Å². The molecule has 1 aromatic rings. The Kier molecular flexibility index (Phi) is 3.07. The fourth-order valence-electron chi connectivity index (χ4n) is 3.71. The number of aromatic nitrogens is 2. The minimum absolute atomic E-state index is 0.0409. The third-order valence-electron chi connectivity index (χ3n) is 5.07. The lowest BCUT2D eigenvalue weighted by molar-refractivity contribution is -0.140. The van der Waals surface area contributed by atoms with Crippen molar-refractivity contribution in [3.8, 4) is 0 Å². The molecule has 1 fully saturated rings. The smallest absolute Gasteiger partial charge is 0.307 e. The van der Waals surface area contributed by atoms with E-state index < -0.39 is 23.2 Å². The summed E-state index contributed by atoms with van der Waals surface area (Å²) in [4.78, 5) is 23.6. The predicted octanol–water partition coefficient (Wildman–Crippen LogP) is 1.27. The van der Waals surface area contributed by atoms with Crippen LogP contribution in [0.4, 0.5) is 0 Å². The first kappa shape index (κ1) is 14.1. The Morgan fingerprint density at radius 2 is 2.14 bits per heavy atom. The first-order valence-corrected chi connectivity index (χ1v) is 7.38. The Hall–Kier alpha value is -1.85. The molecule has 0 saturated heterocycles. The second kappa shape index (κ2) is 4.58. The van der Waals surface area contributed by atoms with Crippen LogP contribution in [0.2, 0.25) is 0 Å². The third kappa shape index (κ3) is 2.13. The molecule has 21 heavy (non-hydrogen) atoms. The molecule has 3 rings (SSSR count). The van der Waals surface area contributed by atoms with Crippen LogP contribution >= 0.6 is 0 Å². The van der Waals surface area contributed by atoms with E-state index in [2.05, 4.69) is 10.4 Å². The number of carbonyl (C=O) groups excluding carboxylic acids is 1. The third-order valence-corrected chi connectivity index (χ3v) is 5.07. The number of aryl methyl sites for hydroxylation is 1. The highest BCUT2D eigenvalue weighted by Crippen LogP contribution is 2.58. The Bertz CT molecular complexity index is 605. The van der Waals surface area contributed by atoms with E-state index in [9.17, 15) is 14.7 Å². The lowest BCUT2D eigenvalue weighted by Crippen LogP contribution is -2.33. The normalized spacial score (nSPS) is 29.6. The van der Waals surface area contributed by atoms with Crippen molar-refractivity contribution >= 4 is 11.9 Å². The largest absolute Gasteiger partial charge is 0.481 e. The maximum Gasteiger partial charge on any atom is 0.307 e. The topological polar surface area (TPSA) is 84.2 Å². The second-order valence-electron chi connectivity index (χ2n) is 6.74. The molecular weight excluding hydrogens is 270 g/mol. The highest BCUT2D eigenvalue weighted by atomic mass is 16.4. The van der Waals surface area contributed by atoms with Crippen LogP contribution in [-0.2, 0) is 23.1 Å². The SMILES string of the molecule is Cn1ncc2c1CCCC2NC(=O)[C@H]1[C@@H](C(=O)O)C1(C)C. The quantitative estimate of drug-likeness (QED) is 0.878. The van der Waals surface area contributed by atoms with Crippen LogP contribution in [0.3, 0.4) is 0 Å². The molecule has 2 N–H and O–H groups in total. The number of carbonyl (C=O) groups is 2. The van der Waals surface area contributed by atoms with E-state index in [0.29, 0.717) is 0 Å². The Balaban J connectivity index is 1.74. The Morgan fingerprint density at radius 1 is 1.43 bits per heavy atom. The van der Waals surface area contributed by atoms with E-state index in [1.807, 2.05) is 31.8 Å². The van der Waals surface area contributed by atoms with Crippen molar-refractivity contribution in [3.63, 3.8) is 0 Å². The van der Waals surface area contributed by atoms with Crippen molar-refractivity contribution in [1.82, 2.24) is 15.1 Å². The molecule has 1 saturated carbocycles. The summed E-state index contributed by atoms with van der Waals surface area (Å²) in [7, 11) is 1.91. The number of hydrogen-bond donors (Lipinski definition) is 2. The van der Waals surface area contributed by atoms with E-state index in [4.69, 9.17) is 0 Å².